The molecule has 146 valence electrons. The predicted molar refractivity (Wildman–Crippen MR) is 103 cm³/mol. The van der Waals surface area contributed by atoms with Crippen molar-refractivity contribution in [2.45, 2.75) is 53.0 Å². The molecule has 1 aromatic rings. The Labute approximate surface area is 156 Å². The summed E-state index contributed by atoms with van der Waals surface area (Å²) < 4.78 is 7.14. The van der Waals surface area contributed by atoms with Gasteiger partial charge in [0.25, 0.3) is 0 Å². The zero-order valence-electron chi connectivity index (χ0n) is 16.8. The Hall–Kier alpha value is -2.05. The Morgan fingerprint density at radius 1 is 1.27 bits per heavy atom. The quantitative estimate of drug-likeness (QED) is 0.475. The van der Waals surface area contributed by atoms with Gasteiger partial charge >= 0.3 is 5.97 Å². The molecular formula is C19H33N5O2. The van der Waals surface area contributed by atoms with Crippen molar-refractivity contribution in [1.29, 1.82) is 0 Å². The molecule has 1 aromatic heterocycles. The first-order valence-electron chi connectivity index (χ1n) is 9.71. The summed E-state index contributed by atoms with van der Waals surface area (Å²) in [4.78, 5) is 18.6. The fourth-order valence-corrected chi connectivity index (χ4v) is 3.68. The molecule has 0 aromatic carbocycles. The van der Waals surface area contributed by atoms with Crippen LogP contribution in [0, 0.1) is 5.92 Å². The van der Waals surface area contributed by atoms with Crippen LogP contribution in [0.1, 0.15) is 50.6 Å². The first-order valence-corrected chi connectivity index (χ1v) is 9.71. The Kier molecular flexibility index (Phi) is 7.48. The second kappa shape index (κ2) is 9.59. The lowest BCUT2D eigenvalue weighted by Gasteiger charge is -2.33. The number of aromatic nitrogens is 2. The minimum absolute atomic E-state index is 0.0148. The molecule has 0 radical (unpaired) electrons. The maximum atomic E-state index is 11.9. The zero-order chi connectivity index (χ0) is 19.1. The number of piperidine rings is 1. The smallest absolute Gasteiger partial charge is 0.309 e. The number of rotatable bonds is 6. The second-order valence-corrected chi connectivity index (χ2v) is 6.62. The number of likely N-dealkylation sites (tertiary alicyclic amines) is 1. The van der Waals surface area contributed by atoms with E-state index < -0.39 is 0 Å². The van der Waals surface area contributed by atoms with E-state index in [9.17, 15) is 4.79 Å². The van der Waals surface area contributed by atoms with Crippen molar-refractivity contribution in [2.24, 2.45) is 18.0 Å². The molecule has 1 aliphatic rings. The lowest BCUT2D eigenvalue weighted by Crippen LogP contribution is -2.46. The van der Waals surface area contributed by atoms with Crippen LogP contribution in [0.15, 0.2) is 4.99 Å². The maximum Gasteiger partial charge on any atom is 0.309 e. The monoisotopic (exact) mass is 363 g/mol. The van der Waals surface area contributed by atoms with Crippen molar-refractivity contribution in [3.05, 3.63) is 17.0 Å². The van der Waals surface area contributed by atoms with Crippen molar-refractivity contribution < 1.29 is 9.53 Å². The number of esters is 1. The van der Waals surface area contributed by atoms with E-state index in [1.54, 1.807) is 0 Å². The number of nitrogens with zero attached hydrogens (tertiary/aromatic N) is 4. The van der Waals surface area contributed by atoms with Crippen LogP contribution in [0.5, 0.6) is 0 Å². The van der Waals surface area contributed by atoms with Crippen molar-refractivity contribution >= 4 is 11.9 Å². The van der Waals surface area contributed by atoms with Crippen molar-refractivity contribution in [3.8, 4) is 0 Å². The van der Waals surface area contributed by atoms with E-state index in [0.29, 0.717) is 6.61 Å². The molecule has 0 aliphatic carbocycles. The molecule has 2 heterocycles. The summed E-state index contributed by atoms with van der Waals surface area (Å²) in [5, 5.41) is 8.13. The van der Waals surface area contributed by atoms with E-state index >= 15 is 0 Å². The molecule has 0 amide bonds. The van der Waals surface area contributed by atoms with Crippen LogP contribution in [0.2, 0.25) is 0 Å². The SMILES string of the molecule is CCOC(=O)C1CCN(C(=NC)NCc2c(CC)nn(C)c2CC)CC1. The minimum Gasteiger partial charge on any atom is -0.466 e. The van der Waals surface area contributed by atoms with Crippen LogP contribution in [-0.2, 0) is 36.0 Å². The van der Waals surface area contributed by atoms with Gasteiger partial charge < -0.3 is 15.0 Å². The number of nitrogens with one attached hydrogen (secondary N) is 1. The van der Waals surface area contributed by atoms with Gasteiger partial charge in [-0.1, -0.05) is 13.8 Å². The summed E-state index contributed by atoms with van der Waals surface area (Å²) in [6, 6.07) is 0. The summed E-state index contributed by atoms with van der Waals surface area (Å²) in [7, 11) is 3.82. The lowest BCUT2D eigenvalue weighted by molar-refractivity contribution is -0.149. The van der Waals surface area contributed by atoms with Crippen LogP contribution in [0.3, 0.4) is 0 Å². The molecule has 0 spiro atoms. The van der Waals surface area contributed by atoms with E-state index in [1.807, 2.05) is 25.7 Å². The Bertz CT molecular complexity index is 630. The van der Waals surface area contributed by atoms with Crippen LogP contribution >= 0.6 is 0 Å². The molecule has 1 saturated heterocycles. The molecule has 1 N–H and O–H groups in total. The van der Waals surface area contributed by atoms with Gasteiger partial charge in [-0.3, -0.25) is 14.5 Å². The van der Waals surface area contributed by atoms with E-state index in [0.717, 1.165) is 57.0 Å². The van der Waals surface area contributed by atoms with Crippen LogP contribution in [-0.4, -0.2) is 53.4 Å². The summed E-state index contributed by atoms with van der Waals surface area (Å²) >= 11 is 0. The van der Waals surface area contributed by atoms with Gasteiger partial charge in [0.05, 0.1) is 18.2 Å². The number of ether oxygens (including phenoxy) is 1. The second-order valence-electron chi connectivity index (χ2n) is 6.62. The minimum atomic E-state index is -0.0642. The molecule has 0 saturated carbocycles. The molecule has 7 heteroatoms. The van der Waals surface area contributed by atoms with E-state index in [1.165, 1.54) is 11.3 Å². The number of hydrogen-bond acceptors (Lipinski definition) is 4. The highest BCUT2D eigenvalue weighted by Gasteiger charge is 2.27. The highest BCUT2D eigenvalue weighted by atomic mass is 16.5. The number of guanidine groups is 1. The fraction of sp³-hybridized carbons (Fsp3) is 0.737. The van der Waals surface area contributed by atoms with Gasteiger partial charge in [-0.05, 0) is 32.6 Å². The Morgan fingerprint density at radius 2 is 1.96 bits per heavy atom. The normalized spacial score (nSPS) is 16.0. The largest absolute Gasteiger partial charge is 0.466 e. The highest BCUT2D eigenvalue weighted by Crippen LogP contribution is 2.19. The third kappa shape index (κ3) is 4.56. The number of carbonyl (C=O) groups excluding carboxylic acids is 1. The van der Waals surface area contributed by atoms with Gasteiger partial charge in [0.15, 0.2) is 5.96 Å². The summed E-state index contributed by atoms with van der Waals surface area (Å²) in [6.07, 6.45) is 3.51. The molecule has 7 nitrogen and oxygen atoms in total. The first kappa shape index (κ1) is 20.3. The van der Waals surface area contributed by atoms with E-state index in [4.69, 9.17) is 4.74 Å². The van der Waals surface area contributed by atoms with Crippen molar-refractivity contribution in [2.75, 3.05) is 26.7 Å². The van der Waals surface area contributed by atoms with Gasteiger partial charge in [-0.15, -0.1) is 0 Å². The van der Waals surface area contributed by atoms with Crippen molar-refractivity contribution in [1.82, 2.24) is 20.0 Å². The number of carbonyl (C=O) groups is 1. The fourth-order valence-electron chi connectivity index (χ4n) is 3.68. The molecule has 1 fully saturated rings. The highest BCUT2D eigenvalue weighted by molar-refractivity contribution is 5.80. The molecular weight excluding hydrogens is 330 g/mol. The van der Waals surface area contributed by atoms with Gasteiger partial charge in [0.2, 0.25) is 0 Å². The standard InChI is InChI=1S/C19H33N5O2/c1-6-16-15(17(7-2)23(5)22-16)13-21-19(20-4)24-11-9-14(10-12-24)18(25)26-8-3/h14H,6-13H2,1-5H3,(H,20,21). The molecule has 0 atom stereocenters. The average molecular weight is 364 g/mol. The molecule has 0 unspecified atom stereocenters. The van der Waals surface area contributed by atoms with Gasteiger partial charge in [0, 0.05) is 45.0 Å². The average Bonchev–Trinajstić information content (AvgIpc) is 2.97. The summed E-state index contributed by atoms with van der Waals surface area (Å²) in [5.41, 5.74) is 3.69. The first-order chi connectivity index (χ1) is 12.5. The zero-order valence-corrected chi connectivity index (χ0v) is 16.8. The number of aryl methyl sites for hydroxylation is 2. The molecule has 26 heavy (non-hydrogen) atoms. The maximum absolute atomic E-state index is 11.9. The van der Waals surface area contributed by atoms with Crippen molar-refractivity contribution in [3.63, 3.8) is 0 Å². The molecule has 2 rings (SSSR count). The summed E-state index contributed by atoms with van der Waals surface area (Å²) in [6.45, 7) is 8.97. The third-order valence-corrected chi connectivity index (χ3v) is 5.08. The number of aliphatic imine (C=N–C) groups is 1. The lowest BCUT2D eigenvalue weighted by atomic mass is 9.97. The van der Waals surface area contributed by atoms with Crippen LogP contribution in [0.25, 0.3) is 0 Å². The van der Waals surface area contributed by atoms with Gasteiger partial charge in [-0.25, -0.2) is 0 Å². The van der Waals surface area contributed by atoms with Crippen LogP contribution in [0.4, 0.5) is 0 Å². The predicted octanol–water partition coefficient (Wildman–Crippen LogP) is 1.90. The molecule has 1 aliphatic heterocycles. The number of hydrogen-bond donors (Lipinski definition) is 1. The van der Waals surface area contributed by atoms with Gasteiger partial charge in [0.1, 0.15) is 0 Å². The van der Waals surface area contributed by atoms with Crippen LogP contribution < -0.4 is 5.32 Å². The topological polar surface area (TPSA) is 71.8 Å². The van der Waals surface area contributed by atoms with Gasteiger partial charge in [-0.2, -0.15) is 5.10 Å². The summed E-state index contributed by atoms with van der Waals surface area (Å²) in [5.74, 6) is 0.840. The molecule has 0 bridgehead atoms. The Morgan fingerprint density at radius 3 is 2.50 bits per heavy atom. The Balaban J connectivity index is 1.96. The third-order valence-electron chi connectivity index (χ3n) is 5.08. The van der Waals surface area contributed by atoms with E-state index in [2.05, 4.69) is 34.2 Å². The van der Waals surface area contributed by atoms with E-state index in [-0.39, 0.29) is 11.9 Å².